The van der Waals surface area contributed by atoms with Crippen LogP contribution >= 0.6 is 0 Å². The molecular weight excluding hydrogens is 328 g/mol. The maximum atomic E-state index is 11.8. The first-order valence-corrected chi connectivity index (χ1v) is 9.14. The summed E-state index contributed by atoms with van der Waals surface area (Å²) in [7, 11) is -1.79. The SMILES string of the molecule is CN(c1ccc(CNC(=O)NCc2cccnc2)cc1)S(C)(=O)=O. The first-order valence-electron chi connectivity index (χ1n) is 7.30. The molecule has 1 aromatic carbocycles. The van der Waals surface area contributed by atoms with Gasteiger partial charge in [0.05, 0.1) is 11.9 Å². The topological polar surface area (TPSA) is 91.4 Å². The monoisotopic (exact) mass is 348 g/mol. The first kappa shape index (κ1) is 17.7. The van der Waals surface area contributed by atoms with Crippen LogP contribution in [0.15, 0.2) is 48.8 Å². The number of amides is 2. The molecule has 0 unspecified atom stereocenters. The third kappa shape index (κ3) is 5.24. The van der Waals surface area contributed by atoms with E-state index in [1.54, 1.807) is 36.7 Å². The highest BCUT2D eigenvalue weighted by atomic mass is 32.2. The predicted octanol–water partition coefficient (Wildman–Crippen LogP) is 1.48. The molecule has 2 amide bonds. The fraction of sp³-hybridized carbons (Fsp3) is 0.250. The van der Waals surface area contributed by atoms with E-state index < -0.39 is 10.0 Å². The van der Waals surface area contributed by atoms with Crippen LogP contribution in [0, 0.1) is 0 Å². The maximum absolute atomic E-state index is 11.8. The molecule has 128 valence electrons. The Balaban J connectivity index is 1.83. The van der Waals surface area contributed by atoms with Gasteiger partial charge >= 0.3 is 6.03 Å². The highest BCUT2D eigenvalue weighted by molar-refractivity contribution is 7.92. The van der Waals surface area contributed by atoms with Crippen molar-refractivity contribution in [3.63, 3.8) is 0 Å². The molecule has 0 saturated carbocycles. The van der Waals surface area contributed by atoms with Crippen LogP contribution in [-0.2, 0) is 23.1 Å². The highest BCUT2D eigenvalue weighted by Gasteiger charge is 2.11. The van der Waals surface area contributed by atoms with Crippen molar-refractivity contribution in [2.24, 2.45) is 0 Å². The second kappa shape index (κ2) is 7.78. The Kier molecular flexibility index (Phi) is 5.75. The molecule has 0 spiro atoms. The van der Waals surface area contributed by atoms with Crippen LogP contribution < -0.4 is 14.9 Å². The molecule has 0 aliphatic rings. The van der Waals surface area contributed by atoms with E-state index in [4.69, 9.17) is 0 Å². The van der Waals surface area contributed by atoms with Crippen molar-refractivity contribution >= 4 is 21.7 Å². The number of pyridine rings is 1. The standard InChI is InChI=1S/C16H20N4O3S/c1-20(24(2,22)23)15-7-5-13(6-8-15)11-18-16(21)19-12-14-4-3-9-17-10-14/h3-10H,11-12H2,1-2H3,(H2,18,19,21). The molecule has 8 heteroatoms. The van der Waals surface area contributed by atoms with Gasteiger partial charge in [0.25, 0.3) is 0 Å². The molecule has 0 saturated heterocycles. The Labute approximate surface area is 141 Å². The minimum Gasteiger partial charge on any atom is -0.334 e. The minimum absolute atomic E-state index is 0.281. The van der Waals surface area contributed by atoms with Gasteiger partial charge in [-0.1, -0.05) is 18.2 Å². The molecule has 1 heterocycles. The summed E-state index contributed by atoms with van der Waals surface area (Å²) in [5, 5.41) is 5.49. The van der Waals surface area contributed by atoms with E-state index in [1.165, 1.54) is 11.4 Å². The van der Waals surface area contributed by atoms with E-state index in [9.17, 15) is 13.2 Å². The van der Waals surface area contributed by atoms with Gasteiger partial charge in [0.15, 0.2) is 0 Å². The van der Waals surface area contributed by atoms with E-state index in [-0.39, 0.29) is 6.03 Å². The summed E-state index contributed by atoms with van der Waals surface area (Å²) in [6.07, 6.45) is 4.51. The number of benzene rings is 1. The summed E-state index contributed by atoms with van der Waals surface area (Å²) >= 11 is 0. The zero-order chi connectivity index (χ0) is 17.6. The van der Waals surface area contributed by atoms with Crippen molar-refractivity contribution in [1.82, 2.24) is 15.6 Å². The smallest absolute Gasteiger partial charge is 0.315 e. The number of hydrogen-bond acceptors (Lipinski definition) is 4. The van der Waals surface area contributed by atoms with Gasteiger partial charge in [-0.25, -0.2) is 13.2 Å². The van der Waals surface area contributed by atoms with Gasteiger partial charge in [-0.3, -0.25) is 9.29 Å². The number of anilines is 1. The number of sulfonamides is 1. The third-order valence-electron chi connectivity index (χ3n) is 3.43. The molecule has 0 fully saturated rings. The van der Waals surface area contributed by atoms with Gasteiger partial charge in [0.2, 0.25) is 10.0 Å². The van der Waals surface area contributed by atoms with E-state index in [0.717, 1.165) is 17.4 Å². The lowest BCUT2D eigenvalue weighted by Gasteiger charge is -2.16. The molecule has 1 aromatic heterocycles. The van der Waals surface area contributed by atoms with E-state index in [0.29, 0.717) is 18.8 Å². The van der Waals surface area contributed by atoms with E-state index in [2.05, 4.69) is 15.6 Å². The zero-order valence-electron chi connectivity index (χ0n) is 13.6. The Morgan fingerprint density at radius 3 is 2.25 bits per heavy atom. The second-order valence-electron chi connectivity index (χ2n) is 5.29. The average molecular weight is 348 g/mol. The lowest BCUT2D eigenvalue weighted by Crippen LogP contribution is -2.34. The fourth-order valence-electron chi connectivity index (χ4n) is 1.95. The molecule has 2 aromatic rings. The summed E-state index contributed by atoms with van der Waals surface area (Å²) in [5.74, 6) is 0. The number of hydrogen-bond donors (Lipinski definition) is 2. The molecule has 2 N–H and O–H groups in total. The van der Waals surface area contributed by atoms with Gasteiger partial charge in [-0.05, 0) is 29.3 Å². The number of carbonyl (C=O) groups is 1. The van der Waals surface area contributed by atoms with Crippen molar-refractivity contribution < 1.29 is 13.2 Å². The van der Waals surface area contributed by atoms with Gasteiger partial charge in [0.1, 0.15) is 0 Å². The predicted molar refractivity (Wildman–Crippen MR) is 93.0 cm³/mol. The van der Waals surface area contributed by atoms with Crippen LogP contribution in [0.5, 0.6) is 0 Å². The largest absolute Gasteiger partial charge is 0.334 e. The summed E-state index contributed by atoms with van der Waals surface area (Å²) in [6, 6.07) is 10.4. The average Bonchev–Trinajstić information content (AvgIpc) is 2.58. The van der Waals surface area contributed by atoms with E-state index >= 15 is 0 Å². The number of aromatic nitrogens is 1. The summed E-state index contributed by atoms with van der Waals surface area (Å²) in [6.45, 7) is 0.750. The Bertz CT molecular complexity index is 777. The maximum Gasteiger partial charge on any atom is 0.315 e. The molecule has 0 aliphatic heterocycles. The van der Waals surface area contributed by atoms with Crippen molar-refractivity contribution in [3.8, 4) is 0 Å². The Hall–Kier alpha value is -2.61. The lowest BCUT2D eigenvalue weighted by atomic mass is 10.2. The summed E-state index contributed by atoms with van der Waals surface area (Å²) in [5.41, 5.74) is 2.36. The zero-order valence-corrected chi connectivity index (χ0v) is 14.4. The quantitative estimate of drug-likeness (QED) is 0.827. The first-order chi connectivity index (χ1) is 11.4. The number of urea groups is 1. The third-order valence-corrected chi connectivity index (χ3v) is 4.63. The Morgan fingerprint density at radius 1 is 1.08 bits per heavy atom. The van der Waals surface area contributed by atoms with Crippen LogP contribution in [0.3, 0.4) is 0 Å². The summed E-state index contributed by atoms with van der Waals surface area (Å²) < 4.78 is 24.2. The van der Waals surface area contributed by atoms with Crippen LogP contribution in [0.1, 0.15) is 11.1 Å². The van der Waals surface area contributed by atoms with Crippen LogP contribution in [0.2, 0.25) is 0 Å². The number of nitrogens with zero attached hydrogens (tertiary/aromatic N) is 2. The van der Waals surface area contributed by atoms with E-state index in [1.807, 2.05) is 12.1 Å². The minimum atomic E-state index is -3.28. The molecule has 0 atom stereocenters. The molecule has 0 bridgehead atoms. The van der Waals surface area contributed by atoms with Crippen molar-refractivity contribution in [2.75, 3.05) is 17.6 Å². The molecule has 0 aliphatic carbocycles. The molecule has 24 heavy (non-hydrogen) atoms. The molecular formula is C16H20N4O3S. The summed E-state index contributed by atoms with van der Waals surface area (Å²) in [4.78, 5) is 15.7. The molecule has 2 rings (SSSR count). The molecule has 7 nitrogen and oxygen atoms in total. The number of carbonyl (C=O) groups excluding carboxylic acids is 1. The number of rotatable bonds is 6. The molecule has 0 radical (unpaired) electrons. The van der Waals surface area contributed by atoms with Gasteiger partial charge < -0.3 is 10.6 Å². The van der Waals surface area contributed by atoms with Crippen LogP contribution in [0.25, 0.3) is 0 Å². The van der Waals surface area contributed by atoms with Gasteiger partial charge in [-0.15, -0.1) is 0 Å². The normalized spacial score (nSPS) is 10.9. The van der Waals surface area contributed by atoms with Crippen LogP contribution in [-0.4, -0.2) is 32.7 Å². The van der Waals surface area contributed by atoms with Gasteiger partial charge in [-0.2, -0.15) is 0 Å². The van der Waals surface area contributed by atoms with Crippen molar-refractivity contribution in [2.45, 2.75) is 13.1 Å². The fourth-order valence-corrected chi connectivity index (χ4v) is 2.45. The number of nitrogens with one attached hydrogen (secondary N) is 2. The highest BCUT2D eigenvalue weighted by Crippen LogP contribution is 2.16. The van der Waals surface area contributed by atoms with Gasteiger partial charge in [0, 0.05) is 32.5 Å². The van der Waals surface area contributed by atoms with Crippen molar-refractivity contribution in [1.29, 1.82) is 0 Å². The van der Waals surface area contributed by atoms with Crippen LogP contribution in [0.4, 0.5) is 10.5 Å². The van der Waals surface area contributed by atoms with Crippen molar-refractivity contribution in [3.05, 3.63) is 59.9 Å². The second-order valence-corrected chi connectivity index (χ2v) is 7.31. The Morgan fingerprint density at radius 2 is 1.71 bits per heavy atom. The lowest BCUT2D eigenvalue weighted by molar-refractivity contribution is 0.240.